The number of benzene rings is 2. The summed E-state index contributed by atoms with van der Waals surface area (Å²) in [6.45, 7) is 6.03. The van der Waals surface area contributed by atoms with Crippen molar-refractivity contribution in [3.8, 4) is 16.9 Å². The Morgan fingerprint density at radius 3 is 2.43 bits per heavy atom. The van der Waals surface area contributed by atoms with Crippen LogP contribution in [0, 0.1) is 0 Å². The van der Waals surface area contributed by atoms with Gasteiger partial charge in [0.1, 0.15) is 11.4 Å². The number of hydrogen-bond donors (Lipinski definition) is 2. The van der Waals surface area contributed by atoms with Gasteiger partial charge in [-0.3, -0.25) is 4.79 Å². The predicted molar refractivity (Wildman–Crippen MR) is 114 cm³/mol. The molecule has 7 nitrogen and oxygen atoms in total. The summed E-state index contributed by atoms with van der Waals surface area (Å²) >= 11 is 6.28. The highest BCUT2D eigenvalue weighted by molar-refractivity contribution is 6.31. The lowest BCUT2D eigenvalue weighted by molar-refractivity contribution is 0.0303. The highest BCUT2D eigenvalue weighted by atomic mass is 35.5. The Bertz CT molecular complexity index is 908. The molecular weight excluding hydrogens is 408 g/mol. The molecule has 2 aromatic rings. The summed E-state index contributed by atoms with van der Waals surface area (Å²) in [7, 11) is 0. The number of carbonyl (C=O) groups excluding carboxylic acids is 1. The highest BCUT2D eigenvalue weighted by Gasteiger charge is 2.22. The van der Waals surface area contributed by atoms with E-state index in [-0.39, 0.29) is 12.5 Å². The minimum atomic E-state index is -1.11. The molecule has 8 heteroatoms. The smallest absolute Gasteiger partial charge is 0.404 e. The molecule has 3 rings (SSSR count). The number of nitrogens with zero attached hydrogens (tertiary/aromatic N) is 1. The first-order chi connectivity index (χ1) is 14.2. The van der Waals surface area contributed by atoms with Gasteiger partial charge in [-0.25, -0.2) is 4.79 Å². The van der Waals surface area contributed by atoms with Crippen molar-refractivity contribution in [2.45, 2.75) is 19.4 Å². The molecule has 30 heavy (non-hydrogen) atoms. The van der Waals surface area contributed by atoms with E-state index < -0.39 is 11.7 Å². The molecule has 1 saturated heterocycles. The van der Waals surface area contributed by atoms with E-state index in [1.165, 1.54) is 0 Å². The molecule has 160 valence electrons. The van der Waals surface area contributed by atoms with Crippen molar-refractivity contribution in [3.05, 3.63) is 53.1 Å². The summed E-state index contributed by atoms with van der Waals surface area (Å²) < 4.78 is 11.2. The van der Waals surface area contributed by atoms with Gasteiger partial charge in [-0.05, 0) is 55.3 Å². The van der Waals surface area contributed by atoms with Crippen molar-refractivity contribution in [3.63, 3.8) is 0 Å². The van der Waals surface area contributed by atoms with Crippen LogP contribution >= 0.6 is 11.6 Å². The molecule has 2 aromatic carbocycles. The van der Waals surface area contributed by atoms with E-state index in [1.807, 2.05) is 24.3 Å². The van der Waals surface area contributed by atoms with E-state index in [2.05, 4.69) is 5.32 Å². The summed E-state index contributed by atoms with van der Waals surface area (Å²) in [5, 5.41) is 11.6. The number of carbonyl (C=O) groups is 2. The van der Waals surface area contributed by atoms with Crippen LogP contribution in [0.2, 0.25) is 5.02 Å². The first-order valence-electron chi connectivity index (χ1n) is 9.67. The maximum Gasteiger partial charge on any atom is 0.404 e. The second-order valence-corrected chi connectivity index (χ2v) is 8.11. The first-order valence-corrected chi connectivity index (χ1v) is 10.1. The van der Waals surface area contributed by atoms with Gasteiger partial charge in [-0.15, -0.1) is 0 Å². The zero-order chi connectivity index (χ0) is 21.7. The van der Waals surface area contributed by atoms with Crippen LogP contribution in [-0.2, 0) is 4.74 Å². The summed E-state index contributed by atoms with van der Waals surface area (Å²) in [4.78, 5) is 25.1. The van der Waals surface area contributed by atoms with Crippen molar-refractivity contribution in [1.29, 1.82) is 0 Å². The van der Waals surface area contributed by atoms with Crippen LogP contribution in [0.4, 0.5) is 4.79 Å². The molecule has 0 saturated carbocycles. The zero-order valence-corrected chi connectivity index (χ0v) is 17.7. The third kappa shape index (κ3) is 5.87. The first kappa shape index (κ1) is 21.9. The summed E-state index contributed by atoms with van der Waals surface area (Å²) in [5.74, 6) is 0.524. The molecule has 0 aliphatic carbocycles. The predicted octanol–water partition coefficient (Wildman–Crippen LogP) is 3.90. The van der Waals surface area contributed by atoms with Crippen LogP contribution in [0.15, 0.2) is 42.5 Å². The zero-order valence-electron chi connectivity index (χ0n) is 17.0. The van der Waals surface area contributed by atoms with Crippen LogP contribution in [0.25, 0.3) is 11.1 Å². The third-order valence-corrected chi connectivity index (χ3v) is 4.91. The maximum absolute atomic E-state index is 12.6. The number of rotatable bonds is 6. The number of nitrogens with one attached hydrogen (secondary N) is 1. The molecule has 0 aromatic heterocycles. The van der Waals surface area contributed by atoms with Crippen molar-refractivity contribution >= 4 is 23.6 Å². The number of carboxylic acid groups (broad SMARTS) is 1. The molecule has 1 heterocycles. The number of morpholine rings is 1. The van der Waals surface area contributed by atoms with Gasteiger partial charge >= 0.3 is 6.09 Å². The standard InChI is InChI=1S/C22H25ClN2O5/c1-22(2,14-24-21(27)28)30-19-12-17(11-18(23)13-19)15-3-5-16(6-4-15)20(26)25-7-9-29-10-8-25/h3-6,11-13,24H,7-10,14H2,1-2H3,(H,27,28). The molecule has 0 radical (unpaired) electrons. The Morgan fingerprint density at radius 1 is 1.13 bits per heavy atom. The van der Waals surface area contributed by atoms with E-state index in [9.17, 15) is 9.59 Å². The van der Waals surface area contributed by atoms with Crippen LogP contribution in [-0.4, -0.2) is 60.5 Å². The SMILES string of the molecule is CC(C)(CNC(=O)O)Oc1cc(Cl)cc(-c2ccc(C(=O)N3CCOCC3)cc2)c1. The van der Waals surface area contributed by atoms with Gasteiger partial charge in [-0.1, -0.05) is 23.7 Å². The quantitative estimate of drug-likeness (QED) is 0.722. The van der Waals surface area contributed by atoms with Gasteiger partial charge in [0.15, 0.2) is 0 Å². The van der Waals surface area contributed by atoms with Crippen molar-refractivity contribution in [2.75, 3.05) is 32.8 Å². The summed E-state index contributed by atoms with van der Waals surface area (Å²) in [5.41, 5.74) is 1.60. The van der Waals surface area contributed by atoms with Gasteiger partial charge < -0.3 is 24.8 Å². The average Bonchev–Trinajstić information content (AvgIpc) is 2.72. The van der Waals surface area contributed by atoms with Gasteiger partial charge in [0.2, 0.25) is 0 Å². The highest BCUT2D eigenvalue weighted by Crippen LogP contribution is 2.30. The van der Waals surface area contributed by atoms with Gasteiger partial charge in [0, 0.05) is 23.7 Å². The Kier molecular flexibility index (Phi) is 6.84. The average molecular weight is 433 g/mol. The summed E-state index contributed by atoms with van der Waals surface area (Å²) in [6, 6.07) is 12.7. The molecule has 0 unspecified atom stereocenters. The van der Waals surface area contributed by atoms with Crippen molar-refractivity contribution in [2.24, 2.45) is 0 Å². The Hall–Kier alpha value is -2.77. The van der Waals surface area contributed by atoms with Gasteiger partial charge in [0.25, 0.3) is 5.91 Å². The molecular formula is C22H25ClN2O5. The number of hydrogen-bond acceptors (Lipinski definition) is 4. The van der Waals surface area contributed by atoms with Gasteiger partial charge in [0.05, 0.1) is 19.8 Å². The molecule has 0 bridgehead atoms. The van der Waals surface area contributed by atoms with E-state index in [1.54, 1.807) is 36.9 Å². The molecule has 2 amide bonds. The maximum atomic E-state index is 12.6. The van der Waals surface area contributed by atoms with Crippen LogP contribution in [0.1, 0.15) is 24.2 Å². The monoisotopic (exact) mass is 432 g/mol. The fourth-order valence-corrected chi connectivity index (χ4v) is 3.41. The molecule has 1 aliphatic rings. The minimum Gasteiger partial charge on any atom is -0.486 e. The second kappa shape index (κ2) is 9.36. The minimum absolute atomic E-state index is 0.00681. The van der Waals surface area contributed by atoms with E-state index in [4.69, 9.17) is 26.2 Å². The molecule has 1 fully saturated rings. The lowest BCUT2D eigenvalue weighted by atomic mass is 10.0. The molecule has 0 atom stereocenters. The normalized spacial score (nSPS) is 14.3. The largest absolute Gasteiger partial charge is 0.486 e. The molecule has 0 spiro atoms. The Morgan fingerprint density at radius 2 is 1.80 bits per heavy atom. The second-order valence-electron chi connectivity index (χ2n) is 7.68. The number of amides is 2. The fraction of sp³-hybridized carbons (Fsp3) is 0.364. The topological polar surface area (TPSA) is 88.1 Å². The Balaban J connectivity index is 1.75. The van der Waals surface area contributed by atoms with Crippen LogP contribution in [0.3, 0.4) is 0 Å². The van der Waals surface area contributed by atoms with Crippen molar-refractivity contribution < 1.29 is 24.2 Å². The fourth-order valence-electron chi connectivity index (χ4n) is 3.19. The lowest BCUT2D eigenvalue weighted by Gasteiger charge is -2.27. The number of ether oxygens (including phenoxy) is 2. The lowest BCUT2D eigenvalue weighted by Crippen LogP contribution is -2.42. The van der Waals surface area contributed by atoms with Crippen LogP contribution < -0.4 is 10.1 Å². The van der Waals surface area contributed by atoms with E-state index in [0.717, 1.165) is 11.1 Å². The summed E-state index contributed by atoms with van der Waals surface area (Å²) in [6.07, 6.45) is -1.11. The number of halogens is 1. The molecule has 2 N–H and O–H groups in total. The van der Waals surface area contributed by atoms with E-state index >= 15 is 0 Å². The molecule has 1 aliphatic heterocycles. The van der Waals surface area contributed by atoms with Crippen LogP contribution in [0.5, 0.6) is 5.75 Å². The third-order valence-electron chi connectivity index (χ3n) is 4.69. The van der Waals surface area contributed by atoms with Crippen molar-refractivity contribution in [1.82, 2.24) is 10.2 Å². The Labute approximate surface area is 180 Å². The van der Waals surface area contributed by atoms with Gasteiger partial charge in [-0.2, -0.15) is 0 Å². The van der Waals surface area contributed by atoms with E-state index in [0.29, 0.717) is 42.6 Å².